The Morgan fingerprint density at radius 1 is 1.20 bits per heavy atom. The molecule has 2 saturated heterocycles. The minimum absolute atomic E-state index is 0.108. The molecule has 6 nitrogen and oxygen atoms in total. The van der Waals surface area contributed by atoms with Crippen LogP contribution in [-0.2, 0) is 14.8 Å². The van der Waals surface area contributed by atoms with Crippen molar-refractivity contribution in [2.75, 3.05) is 19.6 Å². The van der Waals surface area contributed by atoms with E-state index >= 15 is 0 Å². The van der Waals surface area contributed by atoms with E-state index in [1.54, 1.807) is 30.3 Å². The summed E-state index contributed by atoms with van der Waals surface area (Å²) in [5.41, 5.74) is 0. The minimum Gasteiger partial charge on any atom is -0.352 e. The zero-order valence-corrected chi connectivity index (χ0v) is 15.5. The second-order valence-corrected chi connectivity index (χ2v) is 8.92. The van der Waals surface area contributed by atoms with Gasteiger partial charge in [0.25, 0.3) is 0 Å². The number of rotatable bonds is 4. The molecule has 0 aromatic heterocycles. The Balaban J connectivity index is 1.77. The Kier molecular flexibility index (Phi) is 5.76. The number of hydrogen-bond donors (Lipinski definition) is 2. The smallest absolute Gasteiger partial charge is 0.243 e. The Morgan fingerprint density at radius 2 is 1.96 bits per heavy atom. The summed E-state index contributed by atoms with van der Waals surface area (Å²) in [6, 6.07) is 7.89. The van der Waals surface area contributed by atoms with Crippen LogP contribution >= 0.6 is 0 Å². The number of nitrogens with zero attached hydrogens (tertiary/aromatic N) is 1. The number of amides is 1. The highest BCUT2D eigenvalue weighted by Crippen LogP contribution is 2.26. The number of benzene rings is 1. The van der Waals surface area contributed by atoms with E-state index < -0.39 is 16.1 Å². The predicted octanol–water partition coefficient (Wildman–Crippen LogP) is 1.34. The Hall–Kier alpha value is -1.44. The van der Waals surface area contributed by atoms with E-state index in [1.807, 2.05) is 0 Å². The van der Waals surface area contributed by atoms with Crippen molar-refractivity contribution < 1.29 is 13.2 Å². The van der Waals surface area contributed by atoms with E-state index in [4.69, 9.17) is 0 Å². The highest BCUT2D eigenvalue weighted by atomic mass is 32.2. The first-order chi connectivity index (χ1) is 12.0. The van der Waals surface area contributed by atoms with Gasteiger partial charge in [-0.2, -0.15) is 4.31 Å². The van der Waals surface area contributed by atoms with Crippen LogP contribution in [0.5, 0.6) is 0 Å². The lowest BCUT2D eigenvalue weighted by Crippen LogP contribution is -2.56. The highest BCUT2D eigenvalue weighted by molar-refractivity contribution is 7.89. The van der Waals surface area contributed by atoms with E-state index in [9.17, 15) is 13.2 Å². The van der Waals surface area contributed by atoms with Gasteiger partial charge in [0.1, 0.15) is 6.04 Å². The molecule has 0 aliphatic carbocycles. The standard InChI is InChI=1S/C18H27N3O3S/c1-14-13-19-11-10-16(14)20-18(22)17-9-5-6-12-21(17)25(23,24)15-7-3-2-4-8-15/h2-4,7-8,14,16-17,19H,5-6,9-13H2,1H3,(H,20,22). The van der Waals surface area contributed by atoms with Crippen LogP contribution in [0.4, 0.5) is 0 Å². The van der Waals surface area contributed by atoms with Crippen LogP contribution in [-0.4, -0.2) is 50.3 Å². The van der Waals surface area contributed by atoms with Crippen molar-refractivity contribution in [1.29, 1.82) is 0 Å². The molecule has 2 N–H and O–H groups in total. The third-order valence-corrected chi connectivity index (χ3v) is 7.14. The summed E-state index contributed by atoms with van der Waals surface area (Å²) in [7, 11) is -3.65. The van der Waals surface area contributed by atoms with Crippen LogP contribution in [0.1, 0.15) is 32.6 Å². The summed E-state index contributed by atoms with van der Waals surface area (Å²) in [6.45, 7) is 4.27. The van der Waals surface area contributed by atoms with Gasteiger partial charge in [-0.05, 0) is 50.4 Å². The van der Waals surface area contributed by atoms with Gasteiger partial charge in [0.2, 0.25) is 15.9 Å². The van der Waals surface area contributed by atoms with E-state index in [0.717, 1.165) is 32.4 Å². The molecule has 0 spiro atoms. The topological polar surface area (TPSA) is 78.5 Å². The molecule has 1 aromatic rings. The van der Waals surface area contributed by atoms with Gasteiger partial charge >= 0.3 is 0 Å². The molecule has 1 amide bonds. The maximum absolute atomic E-state index is 13.0. The van der Waals surface area contributed by atoms with Crippen LogP contribution in [0, 0.1) is 5.92 Å². The van der Waals surface area contributed by atoms with Crippen molar-refractivity contribution in [3.05, 3.63) is 30.3 Å². The van der Waals surface area contributed by atoms with Gasteiger partial charge in [0.05, 0.1) is 4.90 Å². The summed E-state index contributed by atoms with van der Waals surface area (Å²) < 4.78 is 27.4. The van der Waals surface area contributed by atoms with Crippen molar-refractivity contribution in [3.63, 3.8) is 0 Å². The van der Waals surface area contributed by atoms with Crippen molar-refractivity contribution in [2.45, 2.75) is 49.6 Å². The zero-order valence-electron chi connectivity index (χ0n) is 14.6. The number of carbonyl (C=O) groups excluding carboxylic acids is 1. The second kappa shape index (κ2) is 7.85. The summed E-state index contributed by atoms with van der Waals surface area (Å²) in [5.74, 6) is 0.193. The van der Waals surface area contributed by atoms with Crippen LogP contribution in [0.15, 0.2) is 35.2 Å². The predicted molar refractivity (Wildman–Crippen MR) is 96.6 cm³/mol. The molecule has 2 aliphatic rings. The third-order valence-electron chi connectivity index (χ3n) is 5.22. The third kappa shape index (κ3) is 4.04. The SMILES string of the molecule is CC1CNCCC1NC(=O)C1CCCCN1S(=O)(=O)c1ccccc1. The van der Waals surface area contributed by atoms with Gasteiger partial charge in [-0.1, -0.05) is 31.5 Å². The first kappa shape index (κ1) is 18.4. The van der Waals surface area contributed by atoms with E-state index in [2.05, 4.69) is 17.6 Å². The number of piperidine rings is 2. The largest absolute Gasteiger partial charge is 0.352 e. The number of carbonyl (C=O) groups is 1. The van der Waals surface area contributed by atoms with Gasteiger partial charge in [-0.3, -0.25) is 4.79 Å². The maximum Gasteiger partial charge on any atom is 0.243 e. The minimum atomic E-state index is -3.65. The summed E-state index contributed by atoms with van der Waals surface area (Å²) in [6.07, 6.45) is 3.13. The average molecular weight is 365 g/mol. The molecule has 25 heavy (non-hydrogen) atoms. The Bertz CT molecular complexity index is 693. The maximum atomic E-state index is 13.0. The van der Waals surface area contributed by atoms with Crippen molar-refractivity contribution >= 4 is 15.9 Å². The summed E-state index contributed by atoms with van der Waals surface area (Å²) in [4.78, 5) is 13.1. The molecular weight excluding hydrogens is 338 g/mol. The normalized spacial score (nSPS) is 28.4. The van der Waals surface area contributed by atoms with E-state index in [0.29, 0.717) is 18.9 Å². The molecule has 3 unspecified atom stereocenters. The molecule has 7 heteroatoms. The molecule has 2 heterocycles. The number of sulfonamides is 1. The molecule has 2 aliphatic heterocycles. The molecule has 0 radical (unpaired) electrons. The van der Waals surface area contributed by atoms with Gasteiger partial charge in [0.15, 0.2) is 0 Å². The Morgan fingerprint density at radius 3 is 2.68 bits per heavy atom. The zero-order chi connectivity index (χ0) is 17.9. The van der Waals surface area contributed by atoms with Gasteiger partial charge in [0, 0.05) is 12.6 Å². The molecule has 1 aromatic carbocycles. The fraction of sp³-hybridized carbons (Fsp3) is 0.611. The fourth-order valence-electron chi connectivity index (χ4n) is 3.69. The molecule has 0 saturated carbocycles. The van der Waals surface area contributed by atoms with Crippen LogP contribution in [0.25, 0.3) is 0 Å². The van der Waals surface area contributed by atoms with Crippen LogP contribution < -0.4 is 10.6 Å². The van der Waals surface area contributed by atoms with E-state index in [-0.39, 0.29) is 16.8 Å². The molecule has 0 bridgehead atoms. The van der Waals surface area contributed by atoms with Gasteiger partial charge < -0.3 is 10.6 Å². The van der Waals surface area contributed by atoms with Gasteiger partial charge in [-0.15, -0.1) is 0 Å². The van der Waals surface area contributed by atoms with Crippen molar-refractivity contribution in [1.82, 2.24) is 14.9 Å². The number of nitrogens with one attached hydrogen (secondary N) is 2. The number of hydrogen-bond acceptors (Lipinski definition) is 4. The fourth-order valence-corrected chi connectivity index (χ4v) is 5.37. The first-order valence-electron chi connectivity index (χ1n) is 9.08. The van der Waals surface area contributed by atoms with Crippen molar-refractivity contribution in [2.24, 2.45) is 5.92 Å². The van der Waals surface area contributed by atoms with Gasteiger partial charge in [-0.25, -0.2) is 8.42 Å². The monoisotopic (exact) mass is 365 g/mol. The summed E-state index contributed by atoms with van der Waals surface area (Å²) >= 11 is 0. The lowest BCUT2D eigenvalue weighted by molar-refractivity contribution is -0.126. The molecule has 3 rings (SSSR count). The second-order valence-electron chi connectivity index (χ2n) is 7.03. The lowest BCUT2D eigenvalue weighted by Gasteiger charge is -2.36. The van der Waals surface area contributed by atoms with Crippen LogP contribution in [0.2, 0.25) is 0 Å². The molecule has 3 atom stereocenters. The van der Waals surface area contributed by atoms with Crippen molar-refractivity contribution in [3.8, 4) is 0 Å². The summed E-state index contributed by atoms with van der Waals surface area (Å²) in [5, 5.41) is 6.42. The van der Waals surface area contributed by atoms with Crippen LogP contribution in [0.3, 0.4) is 0 Å². The highest BCUT2D eigenvalue weighted by Gasteiger charge is 2.38. The molecule has 2 fully saturated rings. The first-order valence-corrected chi connectivity index (χ1v) is 10.5. The quantitative estimate of drug-likeness (QED) is 0.844. The molecule has 138 valence electrons. The molecular formula is C18H27N3O3S. The average Bonchev–Trinajstić information content (AvgIpc) is 2.64. The van der Waals surface area contributed by atoms with E-state index in [1.165, 1.54) is 4.31 Å². The Labute approximate surface area is 150 Å². The lowest BCUT2D eigenvalue weighted by atomic mass is 9.94.